The molecule has 0 bridgehead atoms. The number of aliphatic hydroxyl groups is 1. The van der Waals surface area contributed by atoms with Gasteiger partial charge in [-0.2, -0.15) is 5.10 Å². The highest BCUT2D eigenvalue weighted by molar-refractivity contribution is 7.91. The lowest BCUT2D eigenvalue weighted by Crippen LogP contribution is -2.26. The molecule has 2 N–H and O–H groups in total. The Hall–Kier alpha value is -0.880. The Bertz CT molecular complexity index is 452. The van der Waals surface area contributed by atoms with Crippen molar-refractivity contribution in [3.63, 3.8) is 0 Å². The number of nitrogens with zero attached hydrogens (tertiary/aromatic N) is 1. The van der Waals surface area contributed by atoms with Crippen molar-refractivity contribution in [2.24, 2.45) is 5.92 Å². The first-order valence-electron chi connectivity index (χ1n) is 5.43. The Morgan fingerprint density at radius 2 is 2.38 bits per heavy atom. The molecule has 1 aromatic rings. The summed E-state index contributed by atoms with van der Waals surface area (Å²) in [7, 11) is -2.84. The first-order chi connectivity index (χ1) is 7.59. The SMILES string of the molecule is O=S1(=O)CCCC(Cc2cc(CO)[nH]n2)C1. The summed E-state index contributed by atoms with van der Waals surface area (Å²) in [5, 5.41) is 15.6. The fourth-order valence-electron chi connectivity index (χ4n) is 2.17. The molecule has 1 saturated heterocycles. The van der Waals surface area contributed by atoms with E-state index in [1.807, 2.05) is 0 Å². The number of aromatic amines is 1. The minimum atomic E-state index is -2.84. The van der Waals surface area contributed by atoms with Crippen LogP contribution in [0.5, 0.6) is 0 Å². The highest BCUT2D eigenvalue weighted by Crippen LogP contribution is 2.21. The lowest BCUT2D eigenvalue weighted by atomic mass is 9.99. The number of sulfone groups is 1. The van der Waals surface area contributed by atoms with Crippen molar-refractivity contribution in [1.82, 2.24) is 10.2 Å². The summed E-state index contributed by atoms with van der Waals surface area (Å²) in [6.07, 6.45) is 2.38. The number of aliphatic hydroxyl groups excluding tert-OH is 1. The van der Waals surface area contributed by atoms with Crippen LogP contribution >= 0.6 is 0 Å². The van der Waals surface area contributed by atoms with E-state index in [4.69, 9.17) is 5.11 Å². The van der Waals surface area contributed by atoms with E-state index in [0.717, 1.165) is 18.5 Å². The summed E-state index contributed by atoms with van der Waals surface area (Å²) >= 11 is 0. The third kappa shape index (κ3) is 2.82. The van der Waals surface area contributed by atoms with Gasteiger partial charge < -0.3 is 5.11 Å². The molecule has 1 fully saturated rings. The van der Waals surface area contributed by atoms with Crippen LogP contribution in [0.1, 0.15) is 24.2 Å². The standard InChI is InChI=1S/C10H16N2O3S/c13-6-10-5-9(11-12-10)4-8-2-1-3-16(14,15)7-8/h5,8,13H,1-4,6-7H2,(H,11,12). The fraction of sp³-hybridized carbons (Fsp3) is 0.700. The molecule has 1 aliphatic heterocycles. The fourth-order valence-corrected chi connectivity index (χ4v) is 3.95. The monoisotopic (exact) mass is 244 g/mol. The van der Waals surface area contributed by atoms with E-state index in [1.54, 1.807) is 6.07 Å². The molecular formula is C10H16N2O3S. The smallest absolute Gasteiger partial charge is 0.150 e. The van der Waals surface area contributed by atoms with Gasteiger partial charge in [-0.15, -0.1) is 0 Å². The van der Waals surface area contributed by atoms with Gasteiger partial charge >= 0.3 is 0 Å². The van der Waals surface area contributed by atoms with E-state index < -0.39 is 9.84 Å². The largest absolute Gasteiger partial charge is 0.390 e. The molecule has 1 unspecified atom stereocenters. The molecule has 1 aliphatic rings. The average Bonchev–Trinajstić information content (AvgIpc) is 2.64. The molecule has 2 heterocycles. The Labute approximate surface area is 94.8 Å². The molecular weight excluding hydrogens is 228 g/mol. The zero-order valence-corrected chi connectivity index (χ0v) is 9.83. The maximum atomic E-state index is 11.4. The molecule has 0 amide bonds. The van der Waals surface area contributed by atoms with Crippen LogP contribution in [0.2, 0.25) is 0 Å². The topological polar surface area (TPSA) is 83.0 Å². The maximum Gasteiger partial charge on any atom is 0.150 e. The van der Waals surface area contributed by atoms with Gasteiger partial charge in [-0.3, -0.25) is 5.10 Å². The van der Waals surface area contributed by atoms with Gasteiger partial charge in [0.2, 0.25) is 0 Å². The van der Waals surface area contributed by atoms with Crippen LogP contribution in [0.25, 0.3) is 0 Å². The Morgan fingerprint density at radius 3 is 3.00 bits per heavy atom. The predicted octanol–water partition coefficient (Wildman–Crippen LogP) is 0.269. The van der Waals surface area contributed by atoms with E-state index in [0.29, 0.717) is 17.9 Å². The van der Waals surface area contributed by atoms with Gasteiger partial charge in [-0.25, -0.2) is 8.42 Å². The molecule has 16 heavy (non-hydrogen) atoms. The number of hydrogen-bond acceptors (Lipinski definition) is 4. The highest BCUT2D eigenvalue weighted by atomic mass is 32.2. The van der Waals surface area contributed by atoms with Crippen LogP contribution in [-0.2, 0) is 22.9 Å². The summed E-state index contributed by atoms with van der Waals surface area (Å²) in [4.78, 5) is 0. The van der Waals surface area contributed by atoms with Gasteiger partial charge in [0.25, 0.3) is 0 Å². The maximum absolute atomic E-state index is 11.4. The van der Waals surface area contributed by atoms with E-state index in [9.17, 15) is 8.42 Å². The van der Waals surface area contributed by atoms with Crippen molar-refractivity contribution < 1.29 is 13.5 Å². The molecule has 6 heteroatoms. The normalized spacial score (nSPS) is 24.4. The number of hydrogen-bond donors (Lipinski definition) is 2. The van der Waals surface area contributed by atoms with Crippen molar-refractivity contribution in [3.8, 4) is 0 Å². The van der Waals surface area contributed by atoms with Crippen LogP contribution in [-0.4, -0.2) is 35.2 Å². The van der Waals surface area contributed by atoms with Crippen LogP contribution < -0.4 is 0 Å². The highest BCUT2D eigenvalue weighted by Gasteiger charge is 2.25. The zero-order chi connectivity index (χ0) is 11.6. The predicted molar refractivity (Wildman–Crippen MR) is 59.6 cm³/mol. The Morgan fingerprint density at radius 1 is 1.56 bits per heavy atom. The molecule has 0 aromatic carbocycles. The molecule has 0 saturated carbocycles. The molecule has 0 aliphatic carbocycles. The number of nitrogens with one attached hydrogen (secondary N) is 1. The summed E-state index contributed by atoms with van der Waals surface area (Å²) in [5.74, 6) is 0.772. The summed E-state index contributed by atoms with van der Waals surface area (Å²) in [6.45, 7) is -0.0596. The first-order valence-corrected chi connectivity index (χ1v) is 7.25. The van der Waals surface area contributed by atoms with E-state index >= 15 is 0 Å². The van der Waals surface area contributed by atoms with Crippen LogP contribution in [0.15, 0.2) is 6.07 Å². The number of rotatable bonds is 3. The van der Waals surface area contributed by atoms with Crippen molar-refractivity contribution in [3.05, 3.63) is 17.5 Å². The van der Waals surface area contributed by atoms with Gasteiger partial charge in [0.15, 0.2) is 9.84 Å². The number of aromatic nitrogens is 2. The summed E-state index contributed by atoms with van der Waals surface area (Å²) in [6, 6.07) is 1.79. The summed E-state index contributed by atoms with van der Waals surface area (Å²) < 4.78 is 22.9. The third-order valence-corrected chi connectivity index (χ3v) is 4.80. The zero-order valence-electron chi connectivity index (χ0n) is 9.02. The summed E-state index contributed by atoms with van der Waals surface area (Å²) in [5.41, 5.74) is 1.51. The molecule has 1 atom stereocenters. The molecule has 1 aromatic heterocycles. The molecule has 0 radical (unpaired) electrons. The minimum Gasteiger partial charge on any atom is -0.390 e. The van der Waals surface area contributed by atoms with Crippen molar-refractivity contribution in [1.29, 1.82) is 0 Å². The van der Waals surface area contributed by atoms with E-state index in [-0.39, 0.29) is 18.3 Å². The van der Waals surface area contributed by atoms with Crippen molar-refractivity contribution in [2.75, 3.05) is 11.5 Å². The van der Waals surface area contributed by atoms with Crippen molar-refractivity contribution >= 4 is 9.84 Å². The van der Waals surface area contributed by atoms with Crippen molar-refractivity contribution in [2.45, 2.75) is 25.9 Å². The molecule has 0 spiro atoms. The van der Waals surface area contributed by atoms with Gasteiger partial charge in [-0.05, 0) is 31.2 Å². The lowest BCUT2D eigenvalue weighted by molar-refractivity contribution is 0.276. The second-order valence-corrected chi connectivity index (χ2v) is 6.60. The second kappa shape index (κ2) is 4.55. The van der Waals surface area contributed by atoms with Gasteiger partial charge in [-0.1, -0.05) is 0 Å². The van der Waals surface area contributed by atoms with Crippen LogP contribution in [0.4, 0.5) is 0 Å². The quantitative estimate of drug-likeness (QED) is 0.799. The van der Waals surface area contributed by atoms with Gasteiger partial charge in [0, 0.05) is 0 Å². The average molecular weight is 244 g/mol. The number of H-pyrrole nitrogens is 1. The molecule has 2 rings (SSSR count). The van der Waals surface area contributed by atoms with E-state index in [1.165, 1.54) is 0 Å². The lowest BCUT2D eigenvalue weighted by Gasteiger charge is -2.20. The van der Waals surface area contributed by atoms with Gasteiger partial charge in [0.05, 0.1) is 29.5 Å². The Kier molecular flexibility index (Phi) is 3.30. The van der Waals surface area contributed by atoms with Crippen LogP contribution in [0.3, 0.4) is 0 Å². The molecule has 90 valence electrons. The third-order valence-electron chi connectivity index (χ3n) is 2.91. The van der Waals surface area contributed by atoms with Gasteiger partial charge in [0.1, 0.15) is 0 Å². The first kappa shape index (κ1) is 11.6. The molecule has 5 nitrogen and oxygen atoms in total. The van der Waals surface area contributed by atoms with E-state index in [2.05, 4.69) is 10.2 Å². The second-order valence-electron chi connectivity index (χ2n) is 4.37. The van der Waals surface area contributed by atoms with Crippen LogP contribution in [0, 0.1) is 5.92 Å². The minimum absolute atomic E-state index is 0.0596. The Balaban J connectivity index is 1.99.